The molecule has 0 aliphatic carbocycles. The highest BCUT2D eigenvalue weighted by atomic mass is 16.2. The van der Waals surface area contributed by atoms with Gasteiger partial charge in [-0.1, -0.05) is 0 Å². The van der Waals surface area contributed by atoms with Gasteiger partial charge in [-0.15, -0.1) is 0 Å². The molecule has 19 heavy (non-hydrogen) atoms. The molecule has 1 heterocycles. The first-order valence-corrected chi connectivity index (χ1v) is 5.90. The SMILES string of the molecule is CN(C)c1ccc(NC(=O)Nc2ccncc2)cc1. The molecule has 0 saturated carbocycles. The van der Waals surface area contributed by atoms with Gasteiger partial charge < -0.3 is 15.5 Å². The van der Waals surface area contributed by atoms with E-state index >= 15 is 0 Å². The Morgan fingerprint density at radius 1 is 0.947 bits per heavy atom. The molecule has 5 nitrogen and oxygen atoms in total. The lowest BCUT2D eigenvalue weighted by Gasteiger charge is -2.13. The Morgan fingerprint density at radius 2 is 1.47 bits per heavy atom. The molecular formula is C14H16N4O. The Kier molecular flexibility index (Phi) is 3.97. The summed E-state index contributed by atoms with van der Waals surface area (Å²) in [6, 6.07) is 10.8. The summed E-state index contributed by atoms with van der Waals surface area (Å²) >= 11 is 0. The fraction of sp³-hybridized carbons (Fsp3) is 0.143. The minimum atomic E-state index is -0.274. The van der Waals surface area contributed by atoms with E-state index in [-0.39, 0.29) is 6.03 Å². The number of aromatic nitrogens is 1. The number of rotatable bonds is 3. The maximum absolute atomic E-state index is 11.7. The summed E-state index contributed by atoms with van der Waals surface area (Å²) in [5.74, 6) is 0. The van der Waals surface area contributed by atoms with Gasteiger partial charge in [0.05, 0.1) is 0 Å². The summed E-state index contributed by atoms with van der Waals surface area (Å²) in [5, 5.41) is 5.49. The van der Waals surface area contributed by atoms with E-state index in [1.807, 2.05) is 43.3 Å². The number of benzene rings is 1. The highest BCUT2D eigenvalue weighted by Crippen LogP contribution is 2.15. The number of anilines is 3. The van der Waals surface area contributed by atoms with Crippen molar-refractivity contribution >= 4 is 23.1 Å². The maximum atomic E-state index is 11.7. The van der Waals surface area contributed by atoms with E-state index in [0.29, 0.717) is 5.69 Å². The first kappa shape index (κ1) is 12.9. The summed E-state index contributed by atoms with van der Waals surface area (Å²) in [6.07, 6.45) is 3.25. The molecular weight excluding hydrogens is 240 g/mol. The maximum Gasteiger partial charge on any atom is 0.323 e. The van der Waals surface area contributed by atoms with Crippen molar-refractivity contribution in [1.29, 1.82) is 0 Å². The lowest BCUT2D eigenvalue weighted by atomic mass is 10.2. The Labute approximate surface area is 112 Å². The van der Waals surface area contributed by atoms with Crippen LogP contribution in [0.5, 0.6) is 0 Å². The third-order valence-corrected chi connectivity index (χ3v) is 2.58. The van der Waals surface area contributed by atoms with E-state index in [2.05, 4.69) is 15.6 Å². The van der Waals surface area contributed by atoms with E-state index < -0.39 is 0 Å². The lowest BCUT2D eigenvalue weighted by Crippen LogP contribution is -2.19. The third kappa shape index (κ3) is 3.70. The minimum Gasteiger partial charge on any atom is -0.378 e. The van der Waals surface area contributed by atoms with Gasteiger partial charge in [0.1, 0.15) is 0 Å². The average Bonchev–Trinajstić information content (AvgIpc) is 2.40. The second-order valence-electron chi connectivity index (χ2n) is 4.26. The molecule has 2 amide bonds. The van der Waals surface area contributed by atoms with Crippen LogP contribution >= 0.6 is 0 Å². The fourth-order valence-electron chi connectivity index (χ4n) is 1.57. The van der Waals surface area contributed by atoms with Gasteiger partial charge in [-0.3, -0.25) is 4.98 Å². The molecule has 0 radical (unpaired) electrons. The number of urea groups is 1. The molecule has 0 unspecified atom stereocenters. The zero-order chi connectivity index (χ0) is 13.7. The van der Waals surface area contributed by atoms with Crippen LogP contribution in [0.15, 0.2) is 48.8 Å². The fourth-order valence-corrected chi connectivity index (χ4v) is 1.57. The topological polar surface area (TPSA) is 57.3 Å². The monoisotopic (exact) mass is 256 g/mol. The van der Waals surface area contributed by atoms with Gasteiger partial charge in [0.2, 0.25) is 0 Å². The summed E-state index contributed by atoms with van der Waals surface area (Å²) in [5.41, 5.74) is 2.54. The van der Waals surface area contributed by atoms with Crippen LogP contribution in [0.4, 0.5) is 21.9 Å². The summed E-state index contributed by atoms with van der Waals surface area (Å²) in [6.45, 7) is 0. The Morgan fingerprint density at radius 3 is 2.00 bits per heavy atom. The van der Waals surface area contributed by atoms with Crippen LogP contribution < -0.4 is 15.5 Å². The van der Waals surface area contributed by atoms with Crippen LogP contribution in [-0.4, -0.2) is 25.1 Å². The van der Waals surface area contributed by atoms with Gasteiger partial charge in [0.25, 0.3) is 0 Å². The van der Waals surface area contributed by atoms with Gasteiger partial charge in [-0.05, 0) is 36.4 Å². The number of carbonyl (C=O) groups excluding carboxylic acids is 1. The van der Waals surface area contributed by atoms with Gasteiger partial charge in [-0.25, -0.2) is 4.79 Å². The van der Waals surface area contributed by atoms with Crippen molar-refractivity contribution < 1.29 is 4.79 Å². The number of pyridine rings is 1. The number of nitrogens with zero attached hydrogens (tertiary/aromatic N) is 2. The lowest BCUT2D eigenvalue weighted by molar-refractivity contribution is 0.262. The van der Waals surface area contributed by atoms with E-state index in [9.17, 15) is 4.79 Å². The first-order valence-electron chi connectivity index (χ1n) is 5.90. The molecule has 2 aromatic rings. The van der Waals surface area contributed by atoms with Crippen LogP contribution in [0.2, 0.25) is 0 Å². The van der Waals surface area contributed by atoms with Crippen LogP contribution in [0.25, 0.3) is 0 Å². The standard InChI is InChI=1S/C14H16N4O/c1-18(2)13-5-3-11(4-6-13)16-14(19)17-12-7-9-15-10-8-12/h3-10H,1-2H3,(H2,15,16,17,19). The molecule has 98 valence electrons. The first-order chi connectivity index (χ1) is 9.15. The summed E-state index contributed by atoms with van der Waals surface area (Å²) in [7, 11) is 3.94. The van der Waals surface area contributed by atoms with Crippen LogP contribution in [0, 0.1) is 0 Å². The molecule has 2 N–H and O–H groups in total. The summed E-state index contributed by atoms with van der Waals surface area (Å²) < 4.78 is 0. The van der Waals surface area contributed by atoms with Crippen molar-refractivity contribution in [2.24, 2.45) is 0 Å². The number of hydrogen-bond donors (Lipinski definition) is 2. The van der Waals surface area contributed by atoms with E-state index in [1.165, 1.54) is 0 Å². The Hall–Kier alpha value is -2.56. The van der Waals surface area contributed by atoms with Crippen LogP contribution in [0.3, 0.4) is 0 Å². The van der Waals surface area contributed by atoms with Gasteiger partial charge >= 0.3 is 6.03 Å². The van der Waals surface area contributed by atoms with Crippen molar-refractivity contribution in [3.05, 3.63) is 48.8 Å². The van der Waals surface area contributed by atoms with E-state index in [0.717, 1.165) is 11.4 Å². The Balaban J connectivity index is 1.95. The number of hydrogen-bond acceptors (Lipinski definition) is 3. The quantitative estimate of drug-likeness (QED) is 0.887. The van der Waals surface area contributed by atoms with Crippen LogP contribution in [0.1, 0.15) is 0 Å². The average molecular weight is 256 g/mol. The number of carbonyl (C=O) groups is 1. The predicted molar refractivity (Wildman–Crippen MR) is 77.6 cm³/mol. The minimum absolute atomic E-state index is 0.274. The molecule has 1 aromatic carbocycles. The van der Waals surface area contributed by atoms with Crippen LogP contribution in [-0.2, 0) is 0 Å². The van der Waals surface area contributed by atoms with Crippen molar-refractivity contribution in [3.63, 3.8) is 0 Å². The third-order valence-electron chi connectivity index (χ3n) is 2.58. The smallest absolute Gasteiger partial charge is 0.323 e. The van der Waals surface area contributed by atoms with Gasteiger partial charge in [0.15, 0.2) is 0 Å². The summed E-state index contributed by atoms with van der Waals surface area (Å²) in [4.78, 5) is 17.6. The normalized spacial score (nSPS) is 9.79. The molecule has 0 atom stereocenters. The number of amides is 2. The highest BCUT2D eigenvalue weighted by molar-refractivity contribution is 5.99. The zero-order valence-corrected chi connectivity index (χ0v) is 10.9. The largest absolute Gasteiger partial charge is 0.378 e. The molecule has 0 fully saturated rings. The molecule has 0 saturated heterocycles. The highest BCUT2D eigenvalue weighted by Gasteiger charge is 2.02. The molecule has 2 rings (SSSR count). The van der Waals surface area contributed by atoms with Crippen molar-refractivity contribution in [2.75, 3.05) is 29.6 Å². The predicted octanol–water partition coefficient (Wildman–Crippen LogP) is 2.79. The number of nitrogens with one attached hydrogen (secondary N) is 2. The molecule has 1 aromatic heterocycles. The van der Waals surface area contributed by atoms with Crippen molar-refractivity contribution in [3.8, 4) is 0 Å². The molecule has 0 aliphatic rings. The molecule has 0 aliphatic heterocycles. The van der Waals surface area contributed by atoms with Crippen molar-refractivity contribution in [1.82, 2.24) is 4.98 Å². The van der Waals surface area contributed by atoms with Crippen molar-refractivity contribution in [2.45, 2.75) is 0 Å². The second-order valence-corrected chi connectivity index (χ2v) is 4.26. The molecule has 5 heteroatoms. The zero-order valence-electron chi connectivity index (χ0n) is 10.9. The molecule has 0 bridgehead atoms. The van der Waals surface area contributed by atoms with E-state index in [1.54, 1.807) is 24.5 Å². The van der Waals surface area contributed by atoms with E-state index in [4.69, 9.17) is 0 Å². The molecule has 0 spiro atoms. The van der Waals surface area contributed by atoms with Gasteiger partial charge in [-0.2, -0.15) is 0 Å². The van der Waals surface area contributed by atoms with Gasteiger partial charge in [0, 0.05) is 43.6 Å². The second kappa shape index (κ2) is 5.86. The Bertz CT molecular complexity index is 537.